The average Bonchev–Trinajstić information content (AvgIpc) is 3.00. The molecule has 4 aromatic rings. The van der Waals surface area contributed by atoms with Crippen molar-refractivity contribution in [1.82, 2.24) is 4.98 Å². The molecule has 2 aromatic carbocycles. The molecule has 0 atom stereocenters. The van der Waals surface area contributed by atoms with Crippen LogP contribution in [0, 0.1) is 13.8 Å². The smallest absolute Gasteiger partial charge is 0.343 e. The van der Waals surface area contributed by atoms with E-state index in [0.717, 1.165) is 0 Å². The maximum absolute atomic E-state index is 13.0. The summed E-state index contributed by atoms with van der Waals surface area (Å²) in [6.07, 6.45) is 3.03. The van der Waals surface area contributed by atoms with E-state index in [1.54, 1.807) is 57.4 Å². The molecule has 0 fully saturated rings. The molecule has 2 heterocycles. The molecule has 162 valence electrons. The number of hydrogen-bond acceptors (Lipinski definition) is 7. The van der Waals surface area contributed by atoms with Crippen molar-refractivity contribution in [1.29, 1.82) is 0 Å². The minimum Gasteiger partial charge on any atom is -0.496 e. The van der Waals surface area contributed by atoms with E-state index in [9.17, 15) is 9.59 Å². The second kappa shape index (κ2) is 8.55. The molecule has 0 bridgehead atoms. The monoisotopic (exact) mass is 431 g/mol. The van der Waals surface area contributed by atoms with Crippen LogP contribution in [0.3, 0.4) is 0 Å². The van der Waals surface area contributed by atoms with Crippen LogP contribution in [-0.2, 0) is 0 Å². The van der Waals surface area contributed by atoms with Crippen molar-refractivity contribution >= 4 is 16.7 Å². The first-order valence-electron chi connectivity index (χ1n) is 9.85. The number of furan rings is 1. The summed E-state index contributed by atoms with van der Waals surface area (Å²) >= 11 is 0. The summed E-state index contributed by atoms with van der Waals surface area (Å²) in [5, 5.41) is 1.14. The zero-order chi connectivity index (χ0) is 22.8. The number of esters is 1. The van der Waals surface area contributed by atoms with Gasteiger partial charge in [0.2, 0.25) is 0 Å². The van der Waals surface area contributed by atoms with Crippen molar-refractivity contribution in [2.75, 3.05) is 14.2 Å². The van der Waals surface area contributed by atoms with Crippen molar-refractivity contribution in [3.63, 3.8) is 0 Å². The number of fused-ring (bicyclic) bond motifs is 1. The van der Waals surface area contributed by atoms with Gasteiger partial charge in [-0.15, -0.1) is 0 Å². The maximum atomic E-state index is 13.0. The highest BCUT2D eigenvalue weighted by Crippen LogP contribution is 2.36. The summed E-state index contributed by atoms with van der Waals surface area (Å²) in [5.41, 5.74) is 1.52. The van der Waals surface area contributed by atoms with Gasteiger partial charge in [-0.3, -0.25) is 9.78 Å². The highest BCUT2D eigenvalue weighted by molar-refractivity contribution is 5.93. The van der Waals surface area contributed by atoms with Crippen LogP contribution in [0.15, 0.2) is 64.1 Å². The van der Waals surface area contributed by atoms with Crippen LogP contribution in [0.25, 0.3) is 21.9 Å². The molecule has 0 saturated carbocycles. The Kier molecular flexibility index (Phi) is 5.64. The van der Waals surface area contributed by atoms with E-state index in [-0.39, 0.29) is 11.2 Å². The van der Waals surface area contributed by atoms with Crippen molar-refractivity contribution < 1.29 is 23.4 Å². The van der Waals surface area contributed by atoms with Gasteiger partial charge in [-0.1, -0.05) is 6.07 Å². The number of aromatic nitrogens is 1. The lowest BCUT2D eigenvalue weighted by molar-refractivity contribution is 0.0729. The van der Waals surface area contributed by atoms with Crippen LogP contribution in [0.5, 0.6) is 17.2 Å². The molecule has 0 aliphatic heterocycles. The van der Waals surface area contributed by atoms with E-state index in [1.165, 1.54) is 25.6 Å². The van der Waals surface area contributed by atoms with Gasteiger partial charge in [-0.05, 0) is 61.4 Å². The Bertz CT molecular complexity index is 1380. The molecule has 0 N–H and O–H groups in total. The highest BCUT2D eigenvalue weighted by Gasteiger charge is 2.17. The van der Waals surface area contributed by atoms with E-state index < -0.39 is 5.97 Å². The Morgan fingerprint density at radius 3 is 2.16 bits per heavy atom. The number of carbonyl (C=O) groups is 1. The third kappa shape index (κ3) is 3.80. The molecular weight excluding hydrogens is 410 g/mol. The number of rotatable bonds is 5. The minimum absolute atomic E-state index is 0.181. The van der Waals surface area contributed by atoms with Crippen molar-refractivity contribution in [2.24, 2.45) is 0 Å². The van der Waals surface area contributed by atoms with Crippen molar-refractivity contribution in [3.05, 3.63) is 82.2 Å². The average molecular weight is 431 g/mol. The molecule has 0 saturated heterocycles. The van der Waals surface area contributed by atoms with Gasteiger partial charge in [0.25, 0.3) is 0 Å². The molecule has 7 heteroatoms. The van der Waals surface area contributed by atoms with Crippen LogP contribution < -0.4 is 19.6 Å². The number of benzene rings is 1. The fourth-order valence-corrected chi connectivity index (χ4v) is 3.65. The standard InChI is InChI=1S/C25H21NO6/c1-14-23-19(27)11-18(13-22(30-4)24(23)15(2)31-14)17-5-6-20(21(12-17)29-3)32-25(28)16-7-9-26-10-8-16/h5-13H,1-4H3. The first-order valence-corrected chi connectivity index (χ1v) is 9.85. The van der Waals surface area contributed by atoms with Gasteiger partial charge in [-0.2, -0.15) is 0 Å². The predicted molar refractivity (Wildman–Crippen MR) is 120 cm³/mol. The van der Waals surface area contributed by atoms with Gasteiger partial charge in [-0.25, -0.2) is 4.79 Å². The normalized spacial score (nSPS) is 10.8. The Morgan fingerprint density at radius 1 is 0.812 bits per heavy atom. The summed E-state index contributed by atoms with van der Waals surface area (Å²) in [7, 11) is 3.03. The Morgan fingerprint density at radius 2 is 1.47 bits per heavy atom. The van der Waals surface area contributed by atoms with Gasteiger partial charge in [0, 0.05) is 12.4 Å². The third-order valence-corrected chi connectivity index (χ3v) is 5.16. The number of hydrogen-bond donors (Lipinski definition) is 0. The molecule has 0 amide bonds. The van der Waals surface area contributed by atoms with Crippen LogP contribution in [0.4, 0.5) is 0 Å². The largest absolute Gasteiger partial charge is 0.496 e. The first-order chi connectivity index (χ1) is 15.4. The third-order valence-electron chi connectivity index (χ3n) is 5.16. The number of ether oxygens (including phenoxy) is 3. The number of pyridine rings is 1. The van der Waals surface area contributed by atoms with Crippen LogP contribution in [0.2, 0.25) is 0 Å². The topological polar surface area (TPSA) is 87.9 Å². The lowest BCUT2D eigenvalue weighted by atomic mass is 10.1. The Balaban J connectivity index is 1.79. The SMILES string of the molecule is COc1cc(-c2cc(OC)c3c(C)oc(C)c3c(=O)c2)ccc1OC(=O)c1ccncc1. The lowest BCUT2D eigenvalue weighted by Gasteiger charge is -2.11. The Labute approximate surface area is 184 Å². The van der Waals surface area contributed by atoms with E-state index in [1.807, 2.05) is 0 Å². The summed E-state index contributed by atoms with van der Waals surface area (Å²) in [6, 6.07) is 11.5. The van der Waals surface area contributed by atoms with E-state index in [2.05, 4.69) is 4.98 Å². The van der Waals surface area contributed by atoms with Gasteiger partial charge in [0.05, 0.1) is 30.6 Å². The number of methoxy groups -OCH3 is 2. The van der Waals surface area contributed by atoms with Crippen molar-refractivity contribution in [3.8, 4) is 28.4 Å². The molecule has 0 aliphatic carbocycles. The van der Waals surface area contributed by atoms with E-state index in [0.29, 0.717) is 50.5 Å². The van der Waals surface area contributed by atoms with Crippen LogP contribution in [-0.4, -0.2) is 25.2 Å². The lowest BCUT2D eigenvalue weighted by Crippen LogP contribution is -2.09. The summed E-state index contributed by atoms with van der Waals surface area (Å²) < 4.78 is 22.2. The van der Waals surface area contributed by atoms with E-state index in [4.69, 9.17) is 18.6 Å². The fraction of sp³-hybridized carbons (Fsp3) is 0.160. The van der Waals surface area contributed by atoms with Gasteiger partial charge >= 0.3 is 5.97 Å². The van der Waals surface area contributed by atoms with E-state index >= 15 is 0 Å². The van der Waals surface area contributed by atoms with Gasteiger partial charge in [0.1, 0.15) is 17.3 Å². The molecule has 0 spiro atoms. The molecule has 2 aromatic heterocycles. The van der Waals surface area contributed by atoms with Crippen LogP contribution >= 0.6 is 0 Å². The Hall–Kier alpha value is -4.13. The number of carbonyl (C=O) groups excluding carboxylic acids is 1. The molecule has 32 heavy (non-hydrogen) atoms. The predicted octanol–water partition coefficient (Wildman–Crippen LogP) is 4.71. The maximum Gasteiger partial charge on any atom is 0.343 e. The molecule has 4 rings (SSSR count). The van der Waals surface area contributed by atoms with Crippen molar-refractivity contribution in [2.45, 2.75) is 13.8 Å². The number of nitrogens with zero attached hydrogens (tertiary/aromatic N) is 1. The molecular formula is C25H21NO6. The highest BCUT2D eigenvalue weighted by atomic mass is 16.6. The first kappa shape index (κ1) is 21.1. The fourth-order valence-electron chi connectivity index (χ4n) is 3.65. The molecule has 7 nitrogen and oxygen atoms in total. The summed E-state index contributed by atoms with van der Waals surface area (Å²) in [6.45, 7) is 3.55. The van der Waals surface area contributed by atoms with Gasteiger partial charge in [0.15, 0.2) is 16.9 Å². The second-order valence-corrected chi connectivity index (χ2v) is 7.13. The summed E-state index contributed by atoms with van der Waals surface area (Å²) in [4.78, 5) is 29.3. The zero-order valence-electron chi connectivity index (χ0n) is 18.1. The van der Waals surface area contributed by atoms with Crippen LogP contribution in [0.1, 0.15) is 21.9 Å². The molecule has 0 unspecified atom stereocenters. The number of aryl methyl sites for hydroxylation is 2. The molecule has 0 aliphatic rings. The zero-order valence-corrected chi connectivity index (χ0v) is 18.1. The van der Waals surface area contributed by atoms with Gasteiger partial charge < -0.3 is 18.6 Å². The molecule has 0 radical (unpaired) electrons. The minimum atomic E-state index is -0.526. The second-order valence-electron chi connectivity index (χ2n) is 7.13. The summed E-state index contributed by atoms with van der Waals surface area (Å²) in [5.74, 6) is 1.77. The quantitative estimate of drug-likeness (QED) is 0.334.